The van der Waals surface area contributed by atoms with Crippen LogP contribution in [0.2, 0.25) is 0 Å². The number of furan rings is 1. The predicted molar refractivity (Wildman–Crippen MR) is 135 cm³/mol. The Morgan fingerprint density at radius 2 is 1.89 bits per heavy atom. The molecule has 4 aromatic rings. The molecule has 0 unspecified atom stereocenters. The molecule has 1 aliphatic heterocycles. The van der Waals surface area contributed by atoms with Crippen molar-refractivity contribution in [2.45, 2.75) is 20.0 Å². The molecule has 3 heterocycles. The lowest BCUT2D eigenvalue weighted by atomic mass is 10.0. The van der Waals surface area contributed by atoms with E-state index in [-0.39, 0.29) is 19.0 Å². The van der Waals surface area contributed by atoms with Gasteiger partial charge in [-0.1, -0.05) is 41.1 Å². The van der Waals surface area contributed by atoms with Gasteiger partial charge in [-0.3, -0.25) is 4.79 Å². The molecule has 1 amide bonds. The zero-order valence-corrected chi connectivity index (χ0v) is 20.5. The lowest BCUT2D eigenvalue weighted by Gasteiger charge is -2.28. The fourth-order valence-corrected chi connectivity index (χ4v) is 4.45. The number of ether oxygens (including phenoxy) is 2. The molecule has 0 bridgehead atoms. The minimum absolute atomic E-state index is 0.173. The Bertz CT molecular complexity index is 1310. The Balaban J connectivity index is 1.57. The number of hydrogen-bond donors (Lipinski definition) is 0. The van der Waals surface area contributed by atoms with Crippen LogP contribution in [-0.4, -0.2) is 49.4 Å². The smallest absolute Gasteiger partial charge is 0.258 e. The minimum Gasteiger partial charge on any atom is -0.496 e. The molecule has 0 atom stereocenters. The highest BCUT2D eigenvalue weighted by Crippen LogP contribution is 2.34. The third-order valence-corrected chi connectivity index (χ3v) is 6.26. The highest BCUT2D eigenvalue weighted by Gasteiger charge is 2.29. The number of para-hydroxylation sites is 1. The fraction of sp³-hybridized carbons (Fsp3) is 0.286. The number of amides is 1. The Kier molecular flexibility index (Phi) is 7.04. The Hall–Kier alpha value is -4.04. The van der Waals surface area contributed by atoms with Crippen LogP contribution >= 0.6 is 0 Å². The van der Waals surface area contributed by atoms with Crippen LogP contribution in [0.3, 0.4) is 0 Å². The largest absolute Gasteiger partial charge is 0.496 e. The van der Waals surface area contributed by atoms with Crippen molar-refractivity contribution in [1.82, 2.24) is 10.1 Å². The van der Waals surface area contributed by atoms with Gasteiger partial charge in [-0.05, 0) is 37.3 Å². The number of carbonyl (C=O) groups excluding carboxylic acids is 1. The van der Waals surface area contributed by atoms with E-state index in [4.69, 9.17) is 18.4 Å². The van der Waals surface area contributed by atoms with Crippen molar-refractivity contribution in [3.63, 3.8) is 0 Å². The molecular weight excluding hydrogens is 458 g/mol. The maximum atomic E-state index is 13.9. The van der Waals surface area contributed by atoms with Crippen LogP contribution in [0, 0.1) is 6.92 Å². The first-order valence-electron chi connectivity index (χ1n) is 12.0. The van der Waals surface area contributed by atoms with E-state index in [1.54, 1.807) is 30.4 Å². The van der Waals surface area contributed by atoms with E-state index < -0.39 is 0 Å². The van der Waals surface area contributed by atoms with E-state index in [0.717, 1.165) is 22.4 Å². The Labute approximate surface area is 210 Å². The van der Waals surface area contributed by atoms with Crippen LogP contribution in [0.1, 0.15) is 27.2 Å². The van der Waals surface area contributed by atoms with Gasteiger partial charge in [0, 0.05) is 18.7 Å². The highest BCUT2D eigenvalue weighted by atomic mass is 16.5. The van der Waals surface area contributed by atoms with E-state index >= 15 is 0 Å². The third-order valence-electron chi connectivity index (χ3n) is 6.26. The molecule has 0 saturated carbocycles. The normalized spacial score (nSPS) is 13.6. The highest BCUT2D eigenvalue weighted by molar-refractivity contribution is 5.97. The number of anilines is 1. The minimum atomic E-state index is -0.173. The monoisotopic (exact) mass is 487 g/mol. The number of rotatable bonds is 8. The molecule has 2 aromatic carbocycles. The second-order valence-corrected chi connectivity index (χ2v) is 8.72. The summed E-state index contributed by atoms with van der Waals surface area (Å²) < 4.78 is 22.6. The summed E-state index contributed by atoms with van der Waals surface area (Å²) in [4.78, 5) is 17.8. The van der Waals surface area contributed by atoms with Crippen molar-refractivity contribution < 1.29 is 23.2 Å². The fourth-order valence-electron chi connectivity index (χ4n) is 4.45. The van der Waals surface area contributed by atoms with Gasteiger partial charge in [0.05, 0.1) is 50.8 Å². The number of nitrogens with zero attached hydrogens (tertiary/aromatic N) is 3. The maximum absolute atomic E-state index is 13.9. The van der Waals surface area contributed by atoms with Crippen LogP contribution in [0.5, 0.6) is 5.75 Å². The van der Waals surface area contributed by atoms with Crippen LogP contribution < -0.4 is 9.64 Å². The molecule has 1 fully saturated rings. The predicted octanol–water partition coefficient (Wildman–Crippen LogP) is 4.93. The number of methoxy groups -OCH3 is 1. The van der Waals surface area contributed by atoms with Crippen LogP contribution in [0.4, 0.5) is 5.88 Å². The average Bonchev–Trinajstić information content (AvgIpc) is 3.58. The molecule has 0 spiro atoms. The van der Waals surface area contributed by atoms with Gasteiger partial charge in [-0.15, -0.1) is 0 Å². The lowest BCUT2D eigenvalue weighted by molar-refractivity contribution is 0.0714. The molecule has 8 heteroatoms. The van der Waals surface area contributed by atoms with Gasteiger partial charge in [0.1, 0.15) is 17.2 Å². The molecule has 5 rings (SSSR count). The number of morpholine rings is 1. The first kappa shape index (κ1) is 23.7. The average molecular weight is 488 g/mol. The van der Waals surface area contributed by atoms with E-state index in [9.17, 15) is 4.79 Å². The van der Waals surface area contributed by atoms with Crippen LogP contribution in [-0.2, 0) is 17.8 Å². The summed E-state index contributed by atoms with van der Waals surface area (Å²) >= 11 is 0. The van der Waals surface area contributed by atoms with E-state index in [2.05, 4.69) is 16.1 Å². The molecule has 186 valence electrons. The van der Waals surface area contributed by atoms with Crippen molar-refractivity contribution >= 4 is 11.8 Å². The summed E-state index contributed by atoms with van der Waals surface area (Å²) in [5, 5.41) is 4.48. The van der Waals surface area contributed by atoms with Gasteiger partial charge in [-0.25, -0.2) is 0 Å². The molecule has 2 aromatic heterocycles. The molecule has 0 N–H and O–H groups in total. The van der Waals surface area contributed by atoms with Crippen molar-refractivity contribution in [3.8, 4) is 17.0 Å². The number of carbonyl (C=O) groups is 1. The molecular formula is C28H29N3O5. The van der Waals surface area contributed by atoms with Gasteiger partial charge < -0.3 is 28.2 Å². The van der Waals surface area contributed by atoms with Crippen molar-refractivity contribution in [1.29, 1.82) is 0 Å². The lowest BCUT2D eigenvalue weighted by Crippen LogP contribution is -2.37. The first-order valence-corrected chi connectivity index (χ1v) is 12.0. The quantitative estimate of drug-likeness (QED) is 0.349. The van der Waals surface area contributed by atoms with Gasteiger partial charge in [0.15, 0.2) is 0 Å². The summed E-state index contributed by atoms with van der Waals surface area (Å²) in [5.74, 6) is 1.68. The van der Waals surface area contributed by atoms with Gasteiger partial charge in [0.2, 0.25) is 5.88 Å². The van der Waals surface area contributed by atoms with Crippen molar-refractivity contribution in [3.05, 3.63) is 89.4 Å². The second kappa shape index (κ2) is 10.7. The number of hydrogen-bond acceptors (Lipinski definition) is 7. The van der Waals surface area contributed by atoms with Gasteiger partial charge in [0.25, 0.3) is 5.91 Å². The van der Waals surface area contributed by atoms with Gasteiger partial charge in [-0.2, -0.15) is 0 Å². The standard InChI is InChI=1S/C28H29N3O5/c1-20-7-5-8-21(17-20)26-24(28(36-29-26)30-12-15-34-16-13-30)19-31(18-22-9-6-14-35-22)27(32)23-10-3-4-11-25(23)33-2/h3-11,14,17H,12-13,15-16,18-19H2,1-2H3. The van der Waals surface area contributed by atoms with Crippen molar-refractivity contribution in [2.75, 3.05) is 38.3 Å². The molecule has 1 aliphatic rings. The number of benzene rings is 2. The summed E-state index contributed by atoms with van der Waals surface area (Å²) in [6.07, 6.45) is 1.61. The van der Waals surface area contributed by atoms with E-state index in [0.29, 0.717) is 49.3 Å². The first-order chi connectivity index (χ1) is 17.6. The van der Waals surface area contributed by atoms with E-state index in [1.165, 1.54) is 0 Å². The summed E-state index contributed by atoms with van der Waals surface area (Å²) in [7, 11) is 1.56. The second-order valence-electron chi connectivity index (χ2n) is 8.72. The maximum Gasteiger partial charge on any atom is 0.258 e. The summed E-state index contributed by atoms with van der Waals surface area (Å²) in [6.45, 7) is 5.19. The number of aryl methyl sites for hydroxylation is 1. The van der Waals surface area contributed by atoms with Crippen LogP contribution in [0.15, 0.2) is 75.9 Å². The molecule has 1 saturated heterocycles. The third kappa shape index (κ3) is 4.99. The summed E-state index contributed by atoms with van der Waals surface area (Å²) in [6, 6.07) is 19.0. The van der Waals surface area contributed by atoms with Crippen molar-refractivity contribution in [2.24, 2.45) is 0 Å². The Morgan fingerprint density at radius 1 is 1.06 bits per heavy atom. The molecule has 36 heavy (non-hydrogen) atoms. The zero-order chi connectivity index (χ0) is 24.9. The van der Waals surface area contributed by atoms with E-state index in [1.807, 2.05) is 49.4 Å². The summed E-state index contributed by atoms with van der Waals surface area (Å²) in [5.41, 5.74) is 4.10. The zero-order valence-electron chi connectivity index (χ0n) is 20.5. The molecule has 8 nitrogen and oxygen atoms in total. The number of aromatic nitrogens is 1. The van der Waals surface area contributed by atoms with Crippen LogP contribution in [0.25, 0.3) is 11.3 Å². The Morgan fingerprint density at radius 3 is 2.64 bits per heavy atom. The topological polar surface area (TPSA) is 81.2 Å². The van der Waals surface area contributed by atoms with Gasteiger partial charge >= 0.3 is 0 Å². The SMILES string of the molecule is COc1ccccc1C(=O)N(Cc1ccco1)Cc1c(-c2cccc(C)c2)noc1N1CCOCC1. The molecule has 0 radical (unpaired) electrons. The molecule has 0 aliphatic carbocycles.